The summed E-state index contributed by atoms with van der Waals surface area (Å²) in [6.07, 6.45) is 1.86. The second kappa shape index (κ2) is 9.83. The quantitative estimate of drug-likeness (QED) is 0.616. The Bertz CT molecular complexity index is 1380. The van der Waals surface area contributed by atoms with Crippen LogP contribution in [0.2, 0.25) is 0 Å². The minimum absolute atomic E-state index is 0.0710. The number of amides is 1. The molecule has 1 saturated heterocycles. The van der Waals surface area contributed by atoms with E-state index in [9.17, 15) is 4.79 Å². The summed E-state index contributed by atoms with van der Waals surface area (Å²) in [7, 11) is 0. The number of hydrogen-bond donors (Lipinski definition) is 1. The number of nitrogens with zero attached hydrogens (tertiary/aromatic N) is 4. The smallest absolute Gasteiger partial charge is 0.252 e. The minimum atomic E-state index is -3.13. The molecule has 0 radical (unpaired) electrons. The number of carbonyl (C=O) groups excluding carboxylic acids is 1. The van der Waals surface area contributed by atoms with Crippen LogP contribution in [0.5, 0.6) is 0 Å². The third-order valence-corrected chi connectivity index (χ3v) is 4.45. The Morgan fingerprint density at radius 2 is 1.87 bits per heavy atom. The van der Waals surface area contributed by atoms with Crippen LogP contribution >= 0.6 is 0 Å². The molecule has 1 amide bonds. The largest absolute Gasteiger partial charge is 0.378 e. The van der Waals surface area contributed by atoms with Gasteiger partial charge >= 0.3 is 0 Å². The molecule has 156 valence electrons. The van der Waals surface area contributed by atoms with Crippen LogP contribution in [0, 0.1) is 11.3 Å². The van der Waals surface area contributed by atoms with Gasteiger partial charge in [0.1, 0.15) is 12.4 Å². The summed E-state index contributed by atoms with van der Waals surface area (Å²) in [4.78, 5) is 21.3. The van der Waals surface area contributed by atoms with E-state index in [1.165, 1.54) is 12.1 Å². The first-order valence-electron chi connectivity index (χ1n) is 13.4. The number of benzene rings is 2. The first-order valence-corrected chi connectivity index (χ1v) is 9.36. The maximum Gasteiger partial charge on any atom is 0.252 e. The van der Waals surface area contributed by atoms with Crippen molar-refractivity contribution in [3.05, 3.63) is 77.7 Å². The van der Waals surface area contributed by atoms with Crippen LogP contribution in [-0.2, 0) is 11.2 Å². The van der Waals surface area contributed by atoms with Crippen LogP contribution in [0.4, 0.5) is 5.69 Å². The molecule has 0 bridgehead atoms. The lowest BCUT2D eigenvalue weighted by Crippen LogP contribution is -2.36. The van der Waals surface area contributed by atoms with Crippen molar-refractivity contribution in [2.45, 2.75) is 6.42 Å². The highest BCUT2D eigenvalue weighted by Crippen LogP contribution is 2.20. The fourth-order valence-electron chi connectivity index (χ4n) is 2.92. The van der Waals surface area contributed by atoms with E-state index in [4.69, 9.17) is 16.2 Å². The number of nitriles is 1. The van der Waals surface area contributed by atoms with Gasteiger partial charge in [-0.25, -0.2) is 9.97 Å². The lowest BCUT2D eigenvalue weighted by atomic mass is 10.1. The molecule has 1 aliphatic rings. The monoisotopic (exact) mass is 421 g/mol. The summed E-state index contributed by atoms with van der Waals surface area (Å²) in [6.45, 7) is -12.4. The van der Waals surface area contributed by atoms with Crippen LogP contribution in [0.3, 0.4) is 0 Å². The zero-order valence-electron chi connectivity index (χ0n) is 24.3. The van der Waals surface area contributed by atoms with Gasteiger partial charge in [-0.2, -0.15) is 5.26 Å². The second-order valence-electron chi connectivity index (χ2n) is 6.48. The van der Waals surface area contributed by atoms with Crippen molar-refractivity contribution >= 4 is 11.6 Å². The van der Waals surface area contributed by atoms with E-state index in [1.807, 2.05) is 6.07 Å². The molecule has 1 aromatic heterocycles. The van der Waals surface area contributed by atoms with Crippen molar-refractivity contribution in [2.24, 2.45) is 0 Å². The van der Waals surface area contributed by atoms with Gasteiger partial charge in [0.25, 0.3) is 5.91 Å². The lowest BCUT2D eigenvalue weighted by molar-refractivity contribution is 0.0958. The molecule has 7 heteroatoms. The standard InChI is InChI=1S/C24H23N5O2/c25-10-12-27-24(30)20-5-3-19(4-6-20)22-9-11-26-23(28-22)17-18-1-7-21(8-2-18)29-13-15-31-16-14-29/h1-9,11H,12-17H2,(H,27,30)/i13D2,14D2,15D2,16D2. The molecule has 7 nitrogen and oxygen atoms in total. The van der Waals surface area contributed by atoms with Crippen molar-refractivity contribution in [1.29, 1.82) is 5.26 Å². The molecule has 3 aromatic rings. The topological polar surface area (TPSA) is 91.1 Å². The predicted octanol–water partition coefficient (Wildman–Crippen LogP) is 2.82. The number of nitrogens with one attached hydrogen (secondary N) is 1. The van der Waals surface area contributed by atoms with Gasteiger partial charge in [-0.15, -0.1) is 0 Å². The number of rotatable bonds is 6. The average molecular weight is 422 g/mol. The molecule has 1 N–H and O–H groups in total. The molecule has 0 saturated carbocycles. The molecular weight excluding hydrogens is 390 g/mol. The fourth-order valence-corrected chi connectivity index (χ4v) is 2.92. The maximum absolute atomic E-state index is 12.0. The molecular formula is C24H23N5O2. The van der Waals surface area contributed by atoms with Gasteiger partial charge in [0.2, 0.25) is 0 Å². The molecule has 31 heavy (non-hydrogen) atoms. The second-order valence-corrected chi connectivity index (χ2v) is 6.48. The normalized spacial score (nSPS) is 23.8. The molecule has 0 unspecified atom stereocenters. The SMILES string of the molecule is [2H]C1([2H])OC([2H])([2H])C([2H])([2H])N(c2ccc(Cc3nccc(-c4ccc(C(=O)NCC#N)cc4)n3)cc2)C1([2H])[2H]. The third kappa shape index (κ3) is 5.24. The Kier molecular flexibility index (Phi) is 4.07. The van der Waals surface area contributed by atoms with Gasteiger partial charge in [-0.1, -0.05) is 24.3 Å². The zero-order valence-corrected chi connectivity index (χ0v) is 16.3. The van der Waals surface area contributed by atoms with Crippen LogP contribution in [-0.4, -0.2) is 48.5 Å². The first-order chi connectivity index (χ1) is 18.2. The molecule has 0 spiro atoms. The molecule has 0 aliphatic carbocycles. The van der Waals surface area contributed by atoms with E-state index in [1.54, 1.807) is 48.7 Å². The van der Waals surface area contributed by atoms with Crippen molar-refractivity contribution in [2.75, 3.05) is 37.6 Å². The van der Waals surface area contributed by atoms with Crippen LogP contribution in [0.25, 0.3) is 11.3 Å². The summed E-state index contributed by atoms with van der Waals surface area (Å²) in [6, 6.07) is 16.2. The average Bonchev–Trinajstić information content (AvgIpc) is 2.87. The highest BCUT2D eigenvalue weighted by Gasteiger charge is 2.11. The number of ether oxygens (including phenoxy) is 1. The Balaban J connectivity index is 1.54. The van der Waals surface area contributed by atoms with Gasteiger partial charge in [0.15, 0.2) is 0 Å². The Labute approximate surface area is 192 Å². The van der Waals surface area contributed by atoms with Crippen molar-refractivity contribution in [1.82, 2.24) is 15.3 Å². The number of anilines is 1. The number of carbonyl (C=O) groups is 1. The number of morpholine rings is 1. The van der Waals surface area contributed by atoms with E-state index in [0.717, 1.165) is 5.56 Å². The minimum Gasteiger partial charge on any atom is -0.378 e. The van der Waals surface area contributed by atoms with E-state index < -0.39 is 26.1 Å². The highest BCUT2D eigenvalue weighted by atomic mass is 16.5. The van der Waals surface area contributed by atoms with Crippen molar-refractivity contribution in [3.8, 4) is 17.3 Å². The van der Waals surface area contributed by atoms with E-state index in [0.29, 0.717) is 27.5 Å². The summed E-state index contributed by atoms with van der Waals surface area (Å²) in [5.74, 6) is 0.0984. The summed E-state index contributed by atoms with van der Waals surface area (Å²) in [5.41, 5.74) is 2.38. The van der Waals surface area contributed by atoms with Gasteiger partial charge < -0.3 is 15.0 Å². The van der Waals surface area contributed by atoms with E-state index >= 15 is 0 Å². The Morgan fingerprint density at radius 1 is 1.13 bits per heavy atom. The highest BCUT2D eigenvalue weighted by molar-refractivity contribution is 5.94. The van der Waals surface area contributed by atoms with Gasteiger partial charge in [-0.3, -0.25) is 4.79 Å². The maximum atomic E-state index is 12.0. The Hall–Kier alpha value is -3.76. The molecule has 4 rings (SSSR count). The Morgan fingerprint density at radius 3 is 2.58 bits per heavy atom. The molecule has 1 fully saturated rings. The predicted molar refractivity (Wildman–Crippen MR) is 118 cm³/mol. The van der Waals surface area contributed by atoms with Crippen LogP contribution in [0.15, 0.2) is 60.8 Å². The van der Waals surface area contributed by atoms with E-state index in [2.05, 4.69) is 20.0 Å². The summed E-state index contributed by atoms with van der Waals surface area (Å²) < 4.78 is 68.7. The number of hydrogen-bond acceptors (Lipinski definition) is 6. The van der Waals surface area contributed by atoms with Gasteiger partial charge in [0, 0.05) is 42.4 Å². The van der Waals surface area contributed by atoms with Gasteiger partial charge in [0.05, 0.1) is 35.8 Å². The van der Waals surface area contributed by atoms with Crippen LogP contribution in [0.1, 0.15) is 32.7 Å². The lowest BCUT2D eigenvalue weighted by Gasteiger charge is -2.28. The summed E-state index contributed by atoms with van der Waals surface area (Å²) >= 11 is 0. The molecule has 0 atom stereocenters. The number of aromatic nitrogens is 2. The van der Waals surface area contributed by atoms with Crippen LogP contribution < -0.4 is 10.2 Å². The third-order valence-electron chi connectivity index (χ3n) is 4.45. The molecule has 1 aliphatic heterocycles. The summed E-state index contributed by atoms with van der Waals surface area (Å²) in [5, 5.41) is 11.1. The molecule has 2 aromatic carbocycles. The first kappa shape index (κ1) is 12.8. The molecule has 2 heterocycles. The van der Waals surface area contributed by atoms with E-state index in [-0.39, 0.29) is 24.6 Å². The zero-order chi connectivity index (χ0) is 28.6. The van der Waals surface area contributed by atoms with Crippen molar-refractivity contribution in [3.63, 3.8) is 0 Å². The van der Waals surface area contributed by atoms with Crippen molar-refractivity contribution < 1.29 is 20.5 Å². The fraction of sp³-hybridized carbons (Fsp3) is 0.250. The van der Waals surface area contributed by atoms with Gasteiger partial charge in [-0.05, 0) is 35.9 Å².